The quantitative estimate of drug-likeness (QED) is 0.583. The van der Waals surface area contributed by atoms with E-state index < -0.39 is 0 Å². The Morgan fingerprint density at radius 3 is 2.50 bits per heavy atom. The molecule has 1 N–H and O–H groups in total. The largest absolute Gasteiger partial charge is 0.351 e. The molecule has 0 spiro atoms. The van der Waals surface area contributed by atoms with Gasteiger partial charge in [0.1, 0.15) is 5.82 Å². The van der Waals surface area contributed by atoms with E-state index in [0.29, 0.717) is 19.1 Å². The lowest BCUT2D eigenvalue weighted by Crippen LogP contribution is -2.35. The topological polar surface area (TPSA) is 40.5 Å². The van der Waals surface area contributed by atoms with Gasteiger partial charge in [0.25, 0.3) is 0 Å². The van der Waals surface area contributed by atoms with Crippen LogP contribution in [-0.2, 0) is 17.8 Å². The normalized spacial score (nSPS) is 15.5. The molecular formula is C26H33FN4O. The van der Waals surface area contributed by atoms with Gasteiger partial charge in [0.05, 0.1) is 6.54 Å². The third-order valence-electron chi connectivity index (χ3n) is 6.32. The third-order valence-corrected chi connectivity index (χ3v) is 6.32. The summed E-state index contributed by atoms with van der Waals surface area (Å²) in [5.74, 6) is -0.133. The number of piperidine rings is 1. The molecule has 0 saturated carbocycles. The van der Waals surface area contributed by atoms with E-state index in [1.165, 1.54) is 16.5 Å². The van der Waals surface area contributed by atoms with Crippen LogP contribution in [0.4, 0.5) is 4.39 Å². The lowest BCUT2D eigenvalue weighted by Gasteiger charge is -2.33. The maximum Gasteiger partial charge on any atom is 0.234 e. The highest BCUT2D eigenvalue weighted by molar-refractivity contribution is 5.81. The molecule has 2 heterocycles. The Kier molecular flexibility index (Phi) is 7.22. The Morgan fingerprint density at radius 1 is 1.06 bits per heavy atom. The molecule has 0 atom stereocenters. The minimum atomic E-state index is -0.174. The van der Waals surface area contributed by atoms with Crippen molar-refractivity contribution in [3.63, 3.8) is 0 Å². The van der Waals surface area contributed by atoms with Crippen molar-refractivity contribution in [3.8, 4) is 0 Å². The summed E-state index contributed by atoms with van der Waals surface area (Å²) in [5.41, 5.74) is 3.56. The summed E-state index contributed by atoms with van der Waals surface area (Å²) < 4.78 is 15.5. The third kappa shape index (κ3) is 5.75. The highest BCUT2D eigenvalue weighted by Crippen LogP contribution is 2.28. The molecule has 0 bridgehead atoms. The first-order chi connectivity index (χ1) is 15.5. The average molecular weight is 437 g/mol. The van der Waals surface area contributed by atoms with Crippen LogP contribution < -0.4 is 5.32 Å². The SMILES string of the molecule is CN(C)CC(=O)NCc1ccc2ccn(C3CCN(CCc4ccc(F)cc4)CC3)c2c1. The van der Waals surface area contributed by atoms with E-state index in [1.807, 2.05) is 31.1 Å². The van der Waals surface area contributed by atoms with Crippen LogP contribution in [-0.4, -0.2) is 60.5 Å². The first-order valence-electron chi connectivity index (χ1n) is 11.5. The lowest BCUT2D eigenvalue weighted by atomic mass is 10.0. The van der Waals surface area contributed by atoms with Crippen molar-refractivity contribution in [2.75, 3.05) is 40.3 Å². The summed E-state index contributed by atoms with van der Waals surface area (Å²) in [7, 11) is 3.79. The zero-order chi connectivity index (χ0) is 22.5. The molecule has 1 saturated heterocycles. The lowest BCUT2D eigenvalue weighted by molar-refractivity contribution is -0.121. The molecule has 4 rings (SSSR count). The Labute approximate surface area is 189 Å². The van der Waals surface area contributed by atoms with E-state index in [1.54, 1.807) is 12.1 Å². The number of hydrogen-bond donors (Lipinski definition) is 1. The second-order valence-corrected chi connectivity index (χ2v) is 9.08. The predicted octanol–water partition coefficient (Wildman–Crippen LogP) is 3.84. The molecule has 0 aliphatic carbocycles. The zero-order valence-corrected chi connectivity index (χ0v) is 19.1. The molecule has 2 aromatic carbocycles. The number of benzene rings is 2. The molecule has 5 nitrogen and oxygen atoms in total. The van der Waals surface area contributed by atoms with Crippen molar-refractivity contribution in [1.82, 2.24) is 19.7 Å². The number of amides is 1. The molecule has 1 amide bonds. The second-order valence-electron chi connectivity index (χ2n) is 9.08. The average Bonchev–Trinajstić information content (AvgIpc) is 3.20. The zero-order valence-electron chi connectivity index (χ0n) is 19.1. The Morgan fingerprint density at radius 2 is 1.78 bits per heavy atom. The standard InChI is InChI=1S/C26H33FN4O/c1-29(2)19-26(32)28-18-21-3-6-22-10-16-31(25(22)17-21)24-11-14-30(15-12-24)13-9-20-4-7-23(27)8-5-20/h3-8,10,16-17,24H,9,11-15,18-19H2,1-2H3,(H,28,32). The summed E-state index contributed by atoms with van der Waals surface area (Å²) in [6.07, 6.45) is 5.41. The van der Waals surface area contributed by atoms with Gasteiger partial charge in [-0.15, -0.1) is 0 Å². The summed E-state index contributed by atoms with van der Waals surface area (Å²) in [6.45, 7) is 4.12. The number of hydrogen-bond acceptors (Lipinski definition) is 3. The van der Waals surface area contributed by atoms with Gasteiger partial charge in [0.2, 0.25) is 5.91 Å². The molecule has 1 aliphatic rings. The van der Waals surface area contributed by atoms with E-state index in [0.717, 1.165) is 44.5 Å². The Hall–Kier alpha value is -2.70. The number of carbonyl (C=O) groups excluding carboxylic acids is 1. The minimum absolute atomic E-state index is 0.0403. The minimum Gasteiger partial charge on any atom is -0.351 e. The first-order valence-corrected chi connectivity index (χ1v) is 11.5. The number of halogens is 1. The van der Waals surface area contributed by atoms with Crippen LogP contribution in [0.15, 0.2) is 54.7 Å². The molecule has 170 valence electrons. The van der Waals surface area contributed by atoms with Gasteiger partial charge in [-0.25, -0.2) is 4.39 Å². The smallest absolute Gasteiger partial charge is 0.234 e. The van der Waals surface area contributed by atoms with Gasteiger partial charge in [-0.2, -0.15) is 0 Å². The number of rotatable bonds is 8. The van der Waals surface area contributed by atoms with Crippen LogP contribution in [0, 0.1) is 5.82 Å². The summed E-state index contributed by atoms with van der Waals surface area (Å²) in [6, 6.07) is 16.0. The summed E-state index contributed by atoms with van der Waals surface area (Å²) >= 11 is 0. The molecule has 6 heteroatoms. The van der Waals surface area contributed by atoms with Crippen LogP contribution in [0.5, 0.6) is 0 Å². The van der Waals surface area contributed by atoms with Crippen LogP contribution in [0.1, 0.15) is 30.0 Å². The second kappa shape index (κ2) is 10.3. The number of likely N-dealkylation sites (N-methyl/N-ethyl adjacent to an activating group) is 1. The fraction of sp³-hybridized carbons (Fsp3) is 0.423. The van der Waals surface area contributed by atoms with Crippen LogP contribution in [0.2, 0.25) is 0 Å². The van der Waals surface area contributed by atoms with E-state index >= 15 is 0 Å². The molecule has 3 aromatic rings. The van der Waals surface area contributed by atoms with Gasteiger partial charge in [-0.3, -0.25) is 4.79 Å². The monoisotopic (exact) mass is 436 g/mol. The number of likely N-dealkylation sites (tertiary alicyclic amines) is 1. The van der Waals surface area contributed by atoms with Gasteiger partial charge < -0.3 is 19.7 Å². The van der Waals surface area contributed by atoms with Crippen LogP contribution in [0.25, 0.3) is 10.9 Å². The van der Waals surface area contributed by atoms with Crippen LogP contribution >= 0.6 is 0 Å². The molecule has 0 unspecified atom stereocenters. The number of carbonyl (C=O) groups is 1. The molecular weight excluding hydrogens is 403 g/mol. The van der Waals surface area contributed by atoms with Gasteiger partial charge in [-0.05, 0) is 74.1 Å². The summed E-state index contributed by atoms with van der Waals surface area (Å²) in [5, 5.41) is 4.25. The van der Waals surface area contributed by atoms with Gasteiger partial charge in [0, 0.05) is 43.9 Å². The van der Waals surface area contributed by atoms with Crippen molar-refractivity contribution in [1.29, 1.82) is 0 Å². The van der Waals surface area contributed by atoms with Crippen LogP contribution in [0.3, 0.4) is 0 Å². The maximum atomic E-state index is 13.1. The van der Waals surface area contributed by atoms with E-state index in [-0.39, 0.29) is 11.7 Å². The predicted molar refractivity (Wildman–Crippen MR) is 127 cm³/mol. The van der Waals surface area contributed by atoms with E-state index in [4.69, 9.17) is 0 Å². The number of fused-ring (bicyclic) bond motifs is 1. The molecule has 1 fully saturated rings. The number of aromatic nitrogens is 1. The molecule has 1 aromatic heterocycles. The fourth-order valence-corrected chi connectivity index (χ4v) is 4.53. The van der Waals surface area contributed by atoms with Gasteiger partial charge in [0.15, 0.2) is 0 Å². The molecule has 1 aliphatic heterocycles. The van der Waals surface area contributed by atoms with E-state index in [2.05, 4.69) is 45.2 Å². The van der Waals surface area contributed by atoms with Crippen molar-refractivity contribution >= 4 is 16.8 Å². The first kappa shape index (κ1) is 22.5. The number of nitrogens with zero attached hydrogens (tertiary/aromatic N) is 3. The molecule has 0 radical (unpaired) electrons. The van der Waals surface area contributed by atoms with E-state index in [9.17, 15) is 9.18 Å². The highest BCUT2D eigenvalue weighted by Gasteiger charge is 2.21. The van der Waals surface area contributed by atoms with Gasteiger partial charge >= 0.3 is 0 Å². The molecule has 32 heavy (non-hydrogen) atoms. The van der Waals surface area contributed by atoms with Crippen molar-refractivity contribution in [3.05, 3.63) is 71.7 Å². The van der Waals surface area contributed by atoms with Gasteiger partial charge in [-0.1, -0.05) is 24.3 Å². The fourth-order valence-electron chi connectivity index (χ4n) is 4.53. The number of nitrogens with one attached hydrogen (secondary N) is 1. The van der Waals surface area contributed by atoms with Crippen molar-refractivity contribution in [2.45, 2.75) is 31.8 Å². The summed E-state index contributed by atoms with van der Waals surface area (Å²) in [4.78, 5) is 16.3. The van der Waals surface area contributed by atoms with Crippen molar-refractivity contribution < 1.29 is 9.18 Å². The van der Waals surface area contributed by atoms with Crippen molar-refractivity contribution in [2.24, 2.45) is 0 Å². The maximum absolute atomic E-state index is 13.1. The Bertz CT molecular complexity index is 1040. The Balaban J connectivity index is 1.33. The highest BCUT2D eigenvalue weighted by atomic mass is 19.1.